The summed E-state index contributed by atoms with van der Waals surface area (Å²) in [4.78, 5) is 2.66. The minimum atomic E-state index is 0.402. The molecule has 1 heterocycles. The summed E-state index contributed by atoms with van der Waals surface area (Å²) in [7, 11) is 0. The van der Waals surface area contributed by atoms with Gasteiger partial charge in [0.05, 0.1) is 12.2 Å². The molecule has 118 valence electrons. The van der Waals surface area contributed by atoms with Crippen LogP contribution >= 0.6 is 0 Å². The van der Waals surface area contributed by atoms with Crippen LogP contribution in [0.5, 0.6) is 0 Å². The van der Waals surface area contributed by atoms with Crippen molar-refractivity contribution in [2.24, 2.45) is 11.8 Å². The van der Waals surface area contributed by atoms with Crippen molar-refractivity contribution in [3.8, 4) is 0 Å². The molecular formula is C18H35NO. The lowest BCUT2D eigenvalue weighted by Crippen LogP contribution is -2.24. The van der Waals surface area contributed by atoms with Gasteiger partial charge in [0.25, 0.3) is 0 Å². The van der Waals surface area contributed by atoms with Gasteiger partial charge in [-0.1, -0.05) is 19.8 Å². The predicted octanol–water partition coefficient (Wildman–Crippen LogP) is 4.48. The summed E-state index contributed by atoms with van der Waals surface area (Å²) in [6.07, 6.45) is 12.1. The van der Waals surface area contributed by atoms with Crippen LogP contribution < -0.4 is 0 Å². The quantitative estimate of drug-likeness (QED) is 0.638. The molecule has 2 heteroatoms. The highest BCUT2D eigenvalue weighted by Gasteiger charge is 2.22. The Balaban J connectivity index is 1.49. The van der Waals surface area contributed by atoms with Gasteiger partial charge in [-0.05, 0) is 77.3 Å². The van der Waals surface area contributed by atoms with Gasteiger partial charge in [-0.25, -0.2) is 0 Å². The number of likely N-dealkylation sites (tertiary alicyclic amines) is 1. The number of rotatable bonds is 7. The maximum absolute atomic E-state index is 5.94. The third kappa shape index (κ3) is 5.73. The van der Waals surface area contributed by atoms with Gasteiger partial charge in [-0.15, -0.1) is 0 Å². The van der Waals surface area contributed by atoms with E-state index >= 15 is 0 Å². The zero-order valence-electron chi connectivity index (χ0n) is 13.9. The smallest absolute Gasteiger partial charge is 0.0578 e. The van der Waals surface area contributed by atoms with Crippen molar-refractivity contribution in [2.75, 3.05) is 19.6 Å². The molecule has 0 amide bonds. The fourth-order valence-electron chi connectivity index (χ4n) is 3.94. The van der Waals surface area contributed by atoms with E-state index < -0.39 is 0 Å². The second-order valence-electron chi connectivity index (χ2n) is 7.52. The van der Waals surface area contributed by atoms with Gasteiger partial charge in [-0.2, -0.15) is 0 Å². The first-order valence-corrected chi connectivity index (χ1v) is 9.01. The molecule has 2 aliphatic rings. The molecule has 2 fully saturated rings. The third-order valence-corrected chi connectivity index (χ3v) is 5.10. The van der Waals surface area contributed by atoms with E-state index in [1.54, 1.807) is 0 Å². The molecule has 0 N–H and O–H groups in total. The van der Waals surface area contributed by atoms with Gasteiger partial charge in [0.2, 0.25) is 0 Å². The van der Waals surface area contributed by atoms with Gasteiger partial charge in [0, 0.05) is 6.54 Å². The van der Waals surface area contributed by atoms with E-state index in [1.807, 2.05) is 0 Å². The molecule has 2 rings (SSSR count). The van der Waals surface area contributed by atoms with E-state index in [9.17, 15) is 0 Å². The van der Waals surface area contributed by atoms with E-state index in [0.717, 1.165) is 11.8 Å². The normalized spacial score (nSPS) is 32.1. The molecule has 0 spiro atoms. The Labute approximate surface area is 126 Å². The fraction of sp³-hybridized carbons (Fsp3) is 1.00. The largest absolute Gasteiger partial charge is 0.376 e. The molecule has 1 aliphatic carbocycles. The first-order chi connectivity index (χ1) is 9.63. The average molecular weight is 281 g/mol. The van der Waals surface area contributed by atoms with Gasteiger partial charge in [0.15, 0.2) is 0 Å². The molecule has 1 aliphatic heterocycles. The lowest BCUT2D eigenvalue weighted by atomic mass is 9.84. The lowest BCUT2D eigenvalue weighted by Gasteiger charge is -2.30. The van der Waals surface area contributed by atoms with Crippen LogP contribution in [0.3, 0.4) is 0 Å². The number of hydrogen-bond acceptors (Lipinski definition) is 2. The van der Waals surface area contributed by atoms with E-state index in [-0.39, 0.29) is 0 Å². The number of unbranched alkanes of at least 4 members (excludes halogenated alkanes) is 1. The van der Waals surface area contributed by atoms with Crippen LogP contribution in [0.15, 0.2) is 0 Å². The maximum Gasteiger partial charge on any atom is 0.0578 e. The molecular weight excluding hydrogens is 246 g/mol. The highest BCUT2D eigenvalue weighted by Crippen LogP contribution is 2.30. The van der Waals surface area contributed by atoms with Crippen LogP contribution in [-0.2, 0) is 4.74 Å². The third-order valence-electron chi connectivity index (χ3n) is 5.10. The SMILES string of the molecule is CC1CCN(CCCCC2CCC(OC(C)C)CC2)C1. The van der Waals surface area contributed by atoms with E-state index in [2.05, 4.69) is 25.7 Å². The van der Waals surface area contributed by atoms with E-state index in [0.29, 0.717) is 12.2 Å². The summed E-state index contributed by atoms with van der Waals surface area (Å²) < 4.78 is 5.94. The van der Waals surface area contributed by atoms with Crippen LogP contribution in [0, 0.1) is 11.8 Å². The Morgan fingerprint density at radius 2 is 1.80 bits per heavy atom. The monoisotopic (exact) mass is 281 g/mol. The van der Waals surface area contributed by atoms with Crippen molar-refractivity contribution < 1.29 is 4.74 Å². The summed E-state index contributed by atoms with van der Waals surface area (Å²) in [5, 5.41) is 0. The van der Waals surface area contributed by atoms with Crippen LogP contribution in [0.1, 0.15) is 72.1 Å². The van der Waals surface area contributed by atoms with Crippen molar-refractivity contribution in [2.45, 2.75) is 84.3 Å². The molecule has 1 atom stereocenters. The predicted molar refractivity (Wildman–Crippen MR) is 86.0 cm³/mol. The van der Waals surface area contributed by atoms with Crippen LogP contribution in [0.2, 0.25) is 0 Å². The molecule has 0 aromatic rings. The summed E-state index contributed by atoms with van der Waals surface area (Å²) in [5.74, 6) is 1.92. The summed E-state index contributed by atoms with van der Waals surface area (Å²) in [5.41, 5.74) is 0. The topological polar surface area (TPSA) is 12.5 Å². The van der Waals surface area contributed by atoms with Gasteiger partial charge in [0.1, 0.15) is 0 Å². The van der Waals surface area contributed by atoms with E-state index in [1.165, 1.54) is 71.0 Å². The van der Waals surface area contributed by atoms with Crippen molar-refractivity contribution in [3.63, 3.8) is 0 Å². The first kappa shape index (κ1) is 16.3. The Kier molecular flexibility index (Phi) is 6.83. The average Bonchev–Trinajstić information content (AvgIpc) is 2.82. The maximum atomic E-state index is 5.94. The van der Waals surface area contributed by atoms with Crippen LogP contribution in [0.4, 0.5) is 0 Å². The molecule has 1 unspecified atom stereocenters. The molecule has 1 saturated heterocycles. The van der Waals surface area contributed by atoms with Crippen molar-refractivity contribution in [3.05, 3.63) is 0 Å². The zero-order valence-corrected chi connectivity index (χ0v) is 13.9. The molecule has 1 saturated carbocycles. The lowest BCUT2D eigenvalue weighted by molar-refractivity contribution is -0.0203. The number of nitrogens with zero attached hydrogens (tertiary/aromatic N) is 1. The highest BCUT2D eigenvalue weighted by atomic mass is 16.5. The minimum Gasteiger partial charge on any atom is -0.376 e. The van der Waals surface area contributed by atoms with Gasteiger partial charge < -0.3 is 9.64 Å². The molecule has 0 radical (unpaired) electrons. The fourth-order valence-corrected chi connectivity index (χ4v) is 3.94. The molecule has 0 aromatic carbocycles. The molecule has 20 heavy (non-hydrogen) atoms. The van der Waals surface area contributed by atoms with Crippen molar-refractivity contribution in [1.82, 2.24) is 4.90 Å². The Hall–Kier alpha value is -0.0800. The summed E-state index contributed by atoms with van der Waals surface area (Å²) >= 11 is 0. The van der Waals surface area contributed by atoms with Crippen molar-refractivity contribution in [1.29, 1.82) is 0 Å². The van der Waals surface area contributed by atoms with Crippen LogP contribution in [-0.4, -0.2) is 36.7 Å². The number of hydrogen-bond donors (Lipinski definition) is 0. The molecule has 2 nitrogen and oxygen atoms in total. The van der Waals surface area contributed by atoms with Gasteiger partial charge in [-0.3, -0.25) is 0 Å². The molecule has 0 bridgehead atoms. The first-order valence-electron chi connectivity index (χ1n) is 9.01. The Morgan fingerprint density at radius 3 is 2.40 bits per heavy atom. The number of ether oxygens (including phenoxy) is 1. The molecule has 0 aromatic heterocycles. The summed E-state index contributed by atoms with van der Waals surface area (Å²) in [6, 6.07) is 0. The highest BCUT2D eigenvalue weighted by molar-refractivity contribution is 4.75. The van der Waals surface area contributed by atoms with Crippen LogP contribution in [0.25, 0.3) is 0 Å². The second kappa shape index (κ2) is 8.38. The second-order valence-corrected chi connectivity index (χ2v) is 7.52. The standard InChI is InChI=1S/C18H35NO/c1-15(2)20-18-9-7-17(8-10-18)6-4-5-12-19-13-11-16(3)14-19/h15-18H,4-14H2,1-3H3. The van der Waals surface area contributed by atoms with Gasteiger partial charge >= 0.3 is 0 Å². The Bertz CT molecular complexity index is 258. The Morgan fingerprint density at radius 1 is 1.05 bits per heavy atom. The minimum absolute atomic E-state index is 0.402. The van der Waals surface area contributed by atoms with Crippen molar-refractivity contribution >= 4 is 0 Å². The van der Waals surface area contributed by atoms with E-state index in [4.69, 9.17) is 4.74 Å². The summed E-state index contributed by atoms with van der Waals surface area (Å²) in [6.45, 7) is 10.7. The zero-order chi connectivity index (χ0) is 14.4.